The molecule has 0 spiro atoms. The van der Waals surface area contributed by atoms with Gasteiger partial charge in [0.25, 0.3) is 0 Å². The van der Waals surface area contributed by atoms with Crippen molar-refractivity contribution >= 4 is 5.91 Å². The normalized spacial score (nSPS) is 26.5. The number of likely N-dealkylation sites (tertiary alicyclic amines) is 1. The molecule has 0 aliphatic carbocycles. The van der Waals surface area contributed by atoms with Crippen LogP contribution in [-0.4, -0.2) is 30.4 Å². The fourth-order valence-electron chi connectivity index (χ4n) is 4.40. The number of carbonyl (C=O) groups excluding carboxylic acids is 1. The van der Waals surface area contributed by atoms with Gasteiger partial charge in [-0.15, -0.1) is 0 Å². The molecule has 1 aromatic carbocycles. The second kappa shape index (κ2) is 7.64. The highest BCUT2D eigenvalue weighted by Crippen LogP contribution is 2.38. The fraction of sp³-hybridized carbons (Fsp3) is 0.650. The summed E-state index contributed by atoms with van der Waals surface area (Å²) in [4.78, 5) is 14.9. The van der Waals surface area contributed by atoms with Crippen molar-refractivity contribution in [3.63, 3.8) is 0 Å². The number of nitrogens with one attached hydrogen (secondary N) is 1. The zero-order valence-corrected chi connectivity index (χ0v) is 14.8. The monoisotopic (exact) mass is 332 g/mol. The molecule has 3 nitrogen and oxygen atoms in total. The van der Waals surface area contributed by atoms with Crippen molar-refractivity contribution in [3.8, 4) is 0 Å². The van der Waals surface area contributed by atoms with Crippen LogP contribution in [0.25, 0.3) is 0 Å². The molecule has 1 amide bonds. The Morgan fingerprint density at radius 1 is 1.33 bits per heavy atom. The minimum absolute atomic E-state index is 0.0217. The van der Waals surface area contributed by atoms with E-state index in [1.165, 1.54) is 6.07 Å². The molecule has 4 heteroatoms. The summed E-state index contributed by atoms with van der Waals surface area (Å²) in [5.74, 6) is 1.46. The highest BCUT2D eigenvalue weighted by Gasteiger charge is 2.36. The summed E-state index contributed by atoms with van der Waals surface area (Å²) < 4.78 is 13.6. The van der Waals surface area contributed by atoms with Crippen molar-refractivity contribution in [3.05, 3.63) is 35.6 Å². The smallest absolute Gasteiger partial charge is 0.223 e. The summed E-state index contributed by atoms with van der Waals surface area (Å²) >= 11 is 0. The summed E-state index contributed by atoms with van der Waals surface area (Å²) in [5.41, 5.74) is 0.933. The lowest BCUT2D eigenvalue weighted by Gasteiger charge is -2.32. The number of rotatable bonds is 4. The number of hydrogen-bond acceptors (Lipinski definition) is 2. The van der Waals surface area contributed by atoms with Gasteiger partial charge in [0.2, 0.25) is 5.91 Å². The van der Waals surface area contributed by atoms with Gasteiger partial charge in [-0.1, -0.05) is 26.0 Å². The number of benzene rings is 1. The lowest BCUT2D eigenvalue weighted by atomic mass is 9.83. The van der Waals surface area contributed by atoms with Crippen LogP contribution in [0.15, 0.2) is 24.3 Å². The van der Waals surface area contributed by atoms with Crippen LogP contribution in [0, 0.1) is 23.6 Å². The van der Waals surface area contributed by atoms with Crippen LogP contribution in [0.1, 0.15) is 51.1 Å². The maximum atomic E-state index is 13.6. The summed E-state index contributed by atoms with van der Waals surface area (Å²) in [6, 6.07) is 6.77. The molecular weight excluding hydrogens is 303 g/mol. The Morgan fingerprint density at radius 2 is 2.08 bits per heavy atom. The molecule has 3 atom stereocenters. The fourth-order valence-corrected chi connectivity index (χ4v) is 4.40. The van der Waals surface area contributed by atoms with Crippen LogP contribution in [0.3, 0.4) is 0 Å². The predicted octanol–water partition coefficient (Wildman–Crippen LogP) is 3.76. The van der Waals surface area contributed by atoms with E-state index in [1.54, 1.807) is 12.1 Å². The Balaban J connectivity index is 1.68. The molecule has 0 saturated carbocycles. The van der Waals surface area contributed by atoms with Crippen LogP contribution in [-0.2, 0) is 4.79 Å². The lowest BCUT2D eigenvalue weighted by Crippen LogP contribution is -2.36. The van der Waals surface area contributed by atoms with E-state index in [0.29, 0.717) is 24.2 Å². The van der Waals surface area contributed by atoms with E-state index < -0.39 is 0 Å². The van der Waals surface area contributed by atoms with E-state index in [2.05, 4.69) is 19.2 Å². The number of nitrogens with zero attached hydrogens (tertiary/aromatic N) is 1. The van der Waals surface area contributed by atoms with Crippen molar-refractivity contribution in [1.82, 2.24) is 10.2 Å². The molecule has 2 aliphatic rings. The molecule has 0 aromatic heterocycles. The molecule has 1 aromatic rings. The number of hydrogen-bond donors (Lipinski definition) is 1. The van der Waals surface area contributed by atoms with Gasteiger partial charge in [-0.25, -0.2) is 4.39 Å². The van der Waals surface area contributed by atoms with E-state index in [-0.39, 0.29) is 17.8 Å². The summed E-state index contributed by atoms with van der Waals surface area (Å²) in [6.07, 6.45) is 3.94. The summed E-state index contributed by atoms with van der Waals surface area (Å²) in [5, 5.41) is 3.39. The van der Waals surface area contributed by atoms with Gasteiger partial charge in [0.05, 0.1) is 6.04 Å². The van der Waals surface area contributed by atoms with E-state index in [0.717, 1.165) is 44.5 Å². The Hall–Kier alpha value is -1.42. The van der Waals surface area contributed by atoms with Gasteiger partial charge in [-0.3, -0.25) is 4.79 Å². The largest absolute Gasteiger partial charge is 0.335 e. The molecule has 24 heavy (non-hydrogen) atoms. The van der Waals surface area contributed by atoms with Crippen molar-refractivity contribution < 1.29 is 9.18 Å². The molecular formula is C20H29FN2O. The number of carbonyl (C=O) groups is 1. The first-order valence-electron chi connectivity index (χ1n) is 9.32. The molecule has 3 rings (SSSR count). The van der Waals surface area contributed by atoms with Crippen molar-refractivity contribution in [2.75, 3.05) is 19.6 Å². The average Bonchev–Trinajstić information content (AvgIpc) is 2.97. The minimum atomic E-state index is -0.220. The Kier molecular flexibility index (Phi) is 5.54. The van der Waals surface area contributed by atoms with Gasteiger partial charge in [-0.2, -0.15) is 0 Å². The Morgan fingerprint density at radius 3 is 2.79 bits per heavy atom. The molecule has 1 N–H and O–H groups in total. The summed E-state index contributed by atoms with van der Waals surface area (Å²) in [6.45, 7) is 7.30. The van der Waals surface area contributed by atoms with Crippen molar-refractivity contribution in [1.29, 1.82) is 0 Å². The lowest BCUT2D eigenvalue weighted by molar-refractivity contribution is -0.133. The van der Waals surface area contributed by atoms with E-state index in [1.807, 2.05) is 11.0 Å². The van der Waals surface area contributed by atoms with Gasteiger partial charge in [0, 0.05) is 13.0 Å². The van der Waals surface area contributed by atoms with Crippen molar-refractivity contribution in [2.45, 2.75) is 45.6 Å². The molecule has 3 unspecified atom stereocenters. The first-order valence-corrected chi connectivity index (χ1v) is 9.32. The third-order valence-electron chi connectivity index (χ3n) is 5.90. The predicted molar refractivity (Wildman–Crippen MR) is 94.0 cm³/mol. The highest BCUT2D eigenvalue weighted by atomic mass is 19.1. The second-order valence-corrected chi connectivity index (χ2v) is 7.62. The van der Waals surface area contributed by atoms with Crippen LogP contribution in [0.2, 0.25) is 0 Å². The average molecular weight is 332 g/mol. The number of halogens is 1. The van der Waals surface area contributed by atoms with Gasteiger partial charge < -0.3 is 10.2 Å². The first kappa shape index (κ1) is 17.4. The standard InChI is InChI=1S/C20H29FN2O/c1-14-8-11-23(20(14)17-4-3-5-18(21)13-17)19(24)12-15(2)16-6-9-22-10-7-16/h3-5,13-16,20,22H,6-12H2,1-2H3. The minimum Gasteiger partial charge on any atom is -0.335 e. The highest BCUT2D eigenvalue weighted by molar-refractivity contribution is 5.77. The van der Waals surface area contributed by atoms with Gasteiger partial charge >= 0.3 is 0 Å². The topological polar surface area (TPSA) is 32.3 Å². The molecule has 2 aliphatic heterocycles. The van der Waals surface area contributed by atoms with Gasteiger partial charge in [0.1, 0.15) is 5.82 Å². The van der Waals surface area contributed by atoms with Gasteiger partial charge in [-0.05, 0) is 67.8 Å². The maximum Gasteiger partial charge on any atom is 0.223 e. The first-order chi connectivity index (χ1) is 11.6. The van der Waals surface area contributed by atoms with Crippen LogP contribution in [0.4, 0.5) is 4.39 Å². The molecule has 0 radical (unpaired) electrons. The van der Waals surface area contributed by atoms with E-state index >= 15 is 0 Å². The number of piperidine rings is 1. The Labute approximate surface area is 144 Å². The molecule has 2 saturated heterocycles. The third-order valence-corrected chi connectivity index (χ3v) is 5.90. The van der Waals surface area contributed by atoms with Crippen molar-refractivity contribution in [2.24, 2.45) is 17.8 Å². The SMILES string of the molecule is CC(CC(=O)N1CCC(C)C1c1cccc(F)c1)C1CCNCC1. The van der Waals surface area contributed by atoms with Gasteiger partial charge in [0.15, 0.2) is 0 Å². The molecule has 0 bridgehead atoms. The molecule has 2 heterocycles. The summed E-state index contributed by atoms with van der Waals surface area (Å²) in [7, 11) is 0. The van der Waals surface area contributed by atoms with E-state index in [9.17, 15) is 9.18 Å². The molecule has 132 valence electrons. The molecule has 2 fully saturated rings. The van der Waals surface area contributed by atoms with E-state index in [4.69, 9.17) is 0 Å². The number of amides is 1. The van der Waals surface area contributed by atoms with Crippen LogP contribution in [0.5, 0.6) is 0 Å². The third kappa shape index (κ3) is 3.80. The van der Waals surface area contributed by atoms with Crippen LogP contribution < -0.4 is 5.32 Å². The van der Waals surface area contributed by atoms with Crippen LogP contribution >= 0.6 is 0 Å². The second-order valence-electron chi connectivity index (χ2n) is 7.62. The quantitative estimate of drug-likeness (QED) is 0.910. The zero-order chi connectivity index (χ0) is 17.1. The Bertz CT molecular complexity index is 571. The zero-order valence-electron chi connectivity index (χ0n) is 14.8. The maximum absolute atomic E-state index is 13.6.